The fraction of sp³-hybridized carbons (Fsp3) is 0.550. The Labute approximate surface area is 164 Å². The summed E-state index contributed by atoms with van der Waals surface area (Å²) in [4.78, 5) is 13.7. The average Bonchev–Trinajstić information content (AvgIpc) is 3.23. The Bertz CT molecular complexity index is 850. The lowest BCUT2D eigenvalue weighted by Gasteiger charge is -2.24. The van der Waals surface area contributed by atoms with Crippen molar-refractivity contribution in [1.29, 1.82) is 0 Å². The molecule has 0 saturated carbocycles. The van der Waals surface area contributed by atoms with Crippen LogP contribution in [-0.2, 0) is 30.7 Å². The van der Waals surface area contributed by atoms with E-state index in [1.807, 2.05) is 6.07 Å². The molecule has 0 bridgehead atoms. The largest absolute Gasteiger partial charge is 0.454 e. The summed E-state index contributed by atoms with van der Waals surface area (Å²) in [6.45, 7) is 8.38. The molecular weight excluding hydrogens is 358 g/mol. The van der Waals surface area contributed by atoms with E-state index < -0.39 is 0 Å². The molecule has 0 fully saturated rings. The maximum Gasteiger partial charge on any atom is 0.231 e. The maximum atomic E-state index is 11.2. The van der Waals surface area contributed by atoms with Crippen molar-refractivity contribution in [3.63, 3.8) is 0 Å². The molecular formula is C20H27N5O3. The molecule has 150 valence electrons. The summed E-state index contributed by atoms with van der Waals surface area (Å²) in [7, 11) is 0. The Morgan fingerprint density at radius 2 is 2.07 bits per heavy atom. The highest BCUT2D eigenvalue weighted by atomic mass is 16.7. The van der Waals surface area contributed by atoms with Crippen molar-refractivity contribution in [2.24, 2.45) is 5.92 Å². The summed E-state index contributed by atoms with van der Waals surface area (Å²) in [5.74, 6) is 4.01. The Morgan fingerprint density at radius 3 is 2.93 bits per heavy atom. The summed E-state index contributed by atoms with van der Waals surface area (Å²) < 4.78 is 13.0. The highest BCUT2D eigenvalue weighted by Gasteiger charge is 2.20. The number of aromatic nitrogens is 3. The number of benzene rings is 1. The smallest absolute Gasteiger partial charge is 0.231 e. The van der Waals surface area contributed by atoms with Gasteiger partial charge in [0.15, 0.2) is 17.3 Å². The topological polar surface area (TPSA) is 81.5 Å². The standard InChI is InChI=1S/C20H27N5O3/c1-14(9-16-3-4-17-18(10-16)28-13-27-17)12-24-6-5-19-22-23-20(11-21-15(2)26)25(19)8-7-24/h3-4,10,14H,5-9,11-13H2,1-2H3,(H,21,26). The SMILES string of the molecule is CC(=O)NCc1nnc2n1CCN(CC(C)Cc1ccc3c(c1)OCO3)CC2. The van der Waals surface area contributed by atoms with Crippen LogP contribution in [0.15, 0.2) is 18.2 Å². The summed E-state index contributed by atoms with van der Waals surface area (Å²) in [5, 5.41) is 11.4. The fourth-order valence-electron chi connectivity index (χ4n) is 3.92. The molecule has 28 heavy (non-hydrogen) atoms. The average molecular weight is 385 g/mol. The quantitative estimate of drug-likeness (QED) is 0.809. The number of nitrogens with zero attached hydrogens (tertiary/aromatic N) is 4. The third kappa shape index (κ3) is 4.27. The molecule has 8 heteroatoms. The zero-order valence-corrected chi connectivity index (χ0v) is 16.5. The van der Waals surface area contributed by atoms with E-state index >= 15 is 0 Å². The van der Waals surface area contributed by atoms with E-state index in [-0.39, 0.29) is 5.91 Å². The van der Waals surface area contributed by atoms with Gasteiger partial charge in [-0.1, -0.05) is 13.0 Å². The van der Waals surface area contributed by atoms with Gasteiger partial charge in [-0.3, -0.25) is 4.79 Å². The predicted molar refractivity (Wildman–Crippen MR) is 103 cm³/mol. The van der Waals surface area contributed by atoms with Crippen LogP contribution in [0.5, 0.6) is 11.5 Å². The van der Waals surface area contributed by atoms with Gasteiger partial charge >= 0.3 is 0 Å². The molecule has 1 N–H and O–H groups in total. The molecule has 8 nitrogen and oxygen atoms in total. The number of rotatable bonds is 6. The molecule has 1 atom stereocenters. The normalized spacial score (nSPS) is 17.1. The molecule has 0 saturated heterocycles. The first kappa shape index (κ1) is 18.7. The first-order valence-corrected chi connectivity index (χ1v) is 9.85. The number of nitrogens with one attached hydrogen (secondary N) is 1. The number of ether oxygens (including phenoxy) is 2. The van der Waals surface area contributed by atoms with Crippen molar-refractivity contribution in [1.82, 2.24) is 25.0 Å². The molecule has 3 heterocycles. The Morgan fingerprint density at radius 1 is 1.21 bits per heavy atom. The third-order valence-electron chi connectivity index (χ3n) is 5.28. The Balaban J connectivity index is 1.31. The fourth-order valence-corrected chi connectivity index (χ4v) is 3.92. The van der Waals surface area contributed by atoms with Crippen molar-refractivity contribution >= 4 is 5.91 Å². The second-order valence-electron chi connectivity index (χ2n) is 7.64. The van der Waals surface area contributed by atoms with Crippen LogP contribution in [0, 0.1) is 5.92 Å². The van der Waals surface area contributed by atoms with Crippen LogP contribution in [0.25, 0.3) is 0 Å². The molecule has 1 aromatic heterocycles. The lowest BCUT2D eigenvalue weighted by molar-refractivity contribution is -0.119. The second kappa shape index (κ2) is 8.18. The van der Waals surface area contributed by atoms with Crippen LogP contribution < -0.4 is 14.8 Å². The highest BCUT2D eigenvalue weighted by Crippen LogP contribution is 2.33. The lowest BCUT2D eigenvalue weighted by Crippen LogP contribution is -2.32. The van der Waals surface area contributed by atoms with Gasteiger partial charge < -0.3 is 24.3 Å². The lowest BCUT2D eigenvalue weighted by atomic mass is 10.00. The van der Waals surface area contributed by atoms with Crippen LogP contribution in [0.4, 0.5) is 0 Å². The van der Waals surface area contributed by atoms with Crippen molar-refractivity contribution in [3.8, 4) is 11.5 Å². The van der Waals surface area contributed by atoms with E-state index in [2.05, 4.69) is 44.0 Å². The Hall–Kier alpha value is -2.61. The maximum absolute atomic E-state index is 11.2. The summed E-state index contributed by atoms with van der Waals surface area (Å²) in [5.41, 5.74) is 1.28. The highest BCUT2D eigenvalue weighted by molar-refractivity contribution is 5.72. The number of carbonyl (C=O) groups excluding carboxylic acids is 1. The molecule has 4 rings (SSSR count). The van der Waals surface area contributed by atoms with Crippen molar-refractivity contribution in [2.75, 3.05) is 26.4 Å². The molecule has 0 spiro atoms. The van der Waals surface area contributed by atoms with Crippen LogP contribution in [-0.4, -0.2) is 52.0 Å². The minimum absolute atomic E-state index is 0.0510. The molecule has 1 amide bonds. The number of hydrogen-bond donors (Lipinski definition) is 1. The van der Waals surface area contributed by atoms with Gasteiger partial charge in [0.2, 0.25) is 12.7 Å². The van der Waals surface area contributed by atoms with Crippen molar-refractivity contribution in [2.45, 2.75) is 39.8 Å². The van der Waals surface area contributed by atoms with Crippen LogP contribution in [0.1, 0.15) is 31.1 Å². The van der Waals surface area contributed by atoms with Gasteiger partial charge in [0, 0.05) is 39.5 Å². The summed E-state index contributed by atoms with van der Waals surface area (Å²) >= 11 is 0. The van der Waals surface area contributed by atoms with Gasteiger partial charge in [-0.2, -0.15) is 0 Å². The van der Waals surface area contributed by atoms with Gasteiger partial charge in [-0.05, 0) is 30.0 Å². The van der Waals surface area contributed by atoms with E-state index in [1.54, 1.807) is 0 Å². The van der Waals surface area contributed by atoms with Crippen LogP contribution >= 0.6 is 0 Å². The van der Waals surface area contributed by atoms with E-state index in [0.29, 0.717) is 19.3 Å². The molecule has 2 aromatic rings. The van der Waals surface area contributed by atoms with Crippen LogP contribution in [0.2, 0.25) is 0 Å². The second-order valence-corrected chi connectivity index (χ2v) is 7.64. The first-order chi connectivity index (χ1) is 13.6. The minimum Gasteiger partial charge on any atom is -0.454 e. The molecule has 1 aromatic carbocycles. The van der Waals surface area contributed by atoms with Gasteiger partial charge in [0.1, 0.15) is 5.82 Å². The number of hydrogen-bond acceptors (Lipinski definition) is 6. The monoisotopic (exact) mass is 385 g/mol. The number of fused-ring (bicyclic) bond motifs is 2. The van der Waals surface area contributed by atoms with E-state index in [4.69, 9.17) is 9.47 Å². The Kier molecular flexibility index (Phi) is 5.47. The van der Waals surface area contributed by atoms with Crippen molar-refractivity contribution < 1.29 is 14.3 Å². The minimum atomic E-state index is -0.0510. The predicted octanol–water partition coefficient (Wildman–Crippen LogP) is 1.38. The first-order valence-electron chi connectivity index (χ1n) is 9.85. The number of carbonyl (C=O) groups is 1. The molecule has 0 radical (unpaired) electrons. The molecule has 0 aliphatic carbocycles. The summed E-state index contributed by atoms with van der Waals surface area (Å²) in [6, 6.07) is 6.22. The van der Waals surface area contributed by atoms with Crippen LogP contribution in [0.3, 0.4) is 0 Å². The van der Waals surface area contributed by atoms with E-state index in [1.165, 1.54) is 12.5 Å². The van der Waals surface area contributed by atoms with Gasteiger partial charge in [0.05, 0.1) is 6.54 Å². The van der Waals surface area contributed by atoms with Gasteiger partial charge in [-0.25, -0.2) is 0 Å². The number of amides is 1. The molecule has 2 aliphatic rings. The molecule has 2 aliphatic heterocycles. The van der Waals surface area contributed by atoms with Gasteiger partial charge in [0.25, 0.3) is 0 Å². The zero-order chi connectivity index (χ0) is 19.5. The molecule has 1 unspecified atom stereocenters. The van der Waals surface area contributed by atoms with E-state index in [0.717, 1.165) is 62.2 Å². The van der Waals surface area contributed by atoms with Crippen molar-refractivity contribution in [3.05, 3.63) is 35.4 Å². The zero-order valence-electron chi connectivity index (χ0n) is 16.5. The van der Waals surface area contributed by atoms with Gasteiger partial charge in [-0.15, -0.1) is 10.2 Å². The third-order valence-corrected chi connectivity index (χ3v) is 5.28. The summed E-state index contributed by atoms with van der Waals surface area (Å²) in [6.07, 6.45) is 1.89. The van der Waals surface area contributed by atoms with E-state index in [9.17, 15) is 4.79 Å².